The summed E-state index contributed by atoms with van der Waals surface area (Å²) in [6.07, 6.45) is 7.27. The Bertz CT molecular complexity index is 325. The summed E-state index contributed by atoms with van der Waals surface area (Å²) >= 11 is 3.37. The van der Waals surface area contributed by atoms with E-state index < -0.39 is 0 Å². The molecule has 1 fully saturated rings. The van der Waals surface area contributed by atoms with Gasteiger partial charge in [-0.3, -0.25) is 0 Å². The van der Waals surface area contributed by atoms with Crippen LogP contribution in [0.15, 0.2) is 34.5 Å². The van der Waals surface area contributed by atoms with Crippen LogP contribution in [0.3, 0.4) is 0 Å². The number of rotatable bonds is 2. The highest BCUT2D eigenvalue weighted by Crippen LogP contribution is 2.25. The van der Waals surface area contributed by atoms with Gasteiger partial charge in [0, 0.05) is 12.1 Å². The molecular weight excluding hydrogens is 226 g/mol. The molecule has 0 unspecified atom stereocenters. The van der Waals surface area contributed by atoms with Crippen molar-refractivity contribution in [3.8, 4) is 0 Å². The molecule has 0 aliphatic heterocycles. The number of nitrogens with zero attached hydrogens (tertiary/aromatic N) is 1. The van der Waals surface area contributed by atoms with Crippen molar-refractivity contribution >= 4 is 15.9 Å². The van der Waals surface area contributed by atoms with Crippen LogP contribution in [0.4, 0.5) is 0 Å². The van der Waals surface area contributed by atoms with E-state index in [9.17, 15) is 0 Å². The van der Waals surface area contributed by atoms with Crippen molar-refractivity contribution in [3.05, 3.63) is 40.1 Å². The average molecular weight is 238 g/mol. The highest BCUT2D eigenvalue weighted by atomic mass is 79.9. The molecule has 0 saturated heterocycles. The third-order valence-electron chi connectivity index (χ3n) is 2.37. The van der Waals surface area contributed by atoms with Crippen LogP contribution in [0.1, 0.15) is 25.0 Å². The standard InChI is InChI=1S/C11H12BrN/c12-11-6-2-5-10(13-11)8-7-9-3-1-4-9/h2,5-7H,1,3-4,8H2. The van der Waals surface area contributed by atoms with Crippen molar-refractivity contribution in [2.75, 3.05) is 0 Å². The van der Waals surface area contributed by atoms with Crippen molar-refractivity contribution in [3.63, 3.8) is 0 Å². The highest BCUT2D eigenvalue weighted by molar-refractivity contribution is 9.10. The number of hydrogen-bond donors (Lipinski definition) is 0. The summed E-state index contributed by atoms with van der Waals surface area (Å²) in [7, 11) is 0. The molecule has 0 bridgehead atoms. The predicted molar refractivity (Wildman–Crippen MR) is 57.6 cm³/mol. The molecule has 1 aromatic heterocycles. The number of halogens is 1. The van der Waals surface area contributed by atoms with E-state index in [2.05, 4.69) is 33.1 Å². The van der Waals surface area contributed by atoms with Gasteiger partial charge in [-0.15, -0.1) is 0 Å². The molecule has 0 spiro atoms. The second-order valence-corrected chi connectivity index (χ2v) is 4.18. The minimum absolute atomic E-state index is 0.928. The Hall–Kier alpha value is -0.630. The first-order valence-corrected chi connectivity index (χ1v) is 5.43. The summed E-state index contributed by atoms with van der Waals surface area (Å²) in [5, 5.41) is 0. The van der Waals surface area contributed by atoms with Gasteiger partial charge in [-0.25, -0.2) is 4.98 Å². The molecule has 0 aromatic carbocycles. The molecule has 1 aliphatic rings. The number of pyridine rings is 1. The van der Waals surface area contributed by atoms with Crippen LogP contribution in [0.5, 0.6) is 0 Å². The third-order valence-corrected chi connectivity index (χ3v) is 2.81. The maximum atomic E-state index is 4.38. The number of aromatic nitrogens is 1. The minimum Gasteiger partial charge on any atom is -0.246 e. The Morgan fingerprint density at radius 2 is 2.23 bits per heavy atom. The largest absolute Gasteiger partial charge is 0.246 e. The van der Waals surface area contributed by atoms with Crippen LogP contribution in [-0.2, 0) is 6.42 Å². The van der Waals surface area contributed by atoms with Gasteiger partial charge in [0.2, 0.25) is 0 Å². The molecule has 0 radical (unpaired) electrons. The zero-order valence-electron chi connectivity index (χ0n) is 7.46. The third kappa shape index (κ3) is 2.41. The van der Waals surface area contributed by atoms with Crippen molar-refractivity contribution in [1.29, 1.82) is 0 Å². The predicted octanol–water partition coefficient (Wildman–Crippen LogP) is 3.50. The van der Waals surface area contributed by atoms with Gasteiger partial charge in [0.05, 0.1) is 0 Å². The number of hydrogen-bond acceptors (Lipinski definition) is 1. The molecule has 1 saturated carbocycles. The quantitative estimate of drug-likeness (QED) is 0.567. The maximum absolute atomic E-state index is 4.38. The van der Waals surface area contributed by atoms with Gasteiger partial charge < -0.3 is 0 Å². The molecule has 0 amide bonds. The van der Waals surface area contributed by atoms with Crippen LogP contribution in [0.2, 0.25) is 0 Å². The zero-order chi connectivity index (χ0) is 9.10. The van der Waals surface area contributed by atoms with Crippen molar-refractivity contribution in [2.24, 2.45) is 0 Å². The normalized spacial score (nSPS) is 15.3. The van der Waals surface area contributed by atoms with Crippen molar-refractivity contribution in [1.82, 2.24) is 4.98 Å². The fourth-order valence-corrected chi connectivity index (χ4v) is 1.78. The van der Waals surface area contributed by atoms with Gasteiger partial charge in [0.25, 0.3) is 0 Å². The minimum atomic E-state index is 0.928. The molecule has 1 nitrogen and oxygen atoms in total. The van der Waals surface area contributed by atoms with Gasteiger partial charge >= 0.3 is 0 Å². The van der Waals surface area contributed by atoms with E-state index in [1.807, 2.05) is 12.1 Å². The first kappa shape index (κ1) is 8.95. The summed E-state index contributed by atoms with van der Waals surface area (Å²) in [5.41, 5.74) is 2.75. The molecule has 1 heterocycles. The summed E-state index contributed by atoms with van der Waals surface area (Å²) < 4.78 is 0.928. The fourth-order valence-electron chi connectivity index (χ4n) is 1.40. The molecule has 0 N–H and O–H groups in total. The molecule has 1 aromatic rings. The van der Waals surface area contributed by atoms with Crippen molar-refractivity contribution in [2.45, 2.75) is 25.7 Å². The lowest BCUT2D eigenvalue weighted by Crippen LogP contribution is -1.97. The number of allylic oxidation sites excluding steroid dienone is 2. The van der Waals surface area contributed by atoms with Gasteiger partial charge in [0.1, 0.15) is 4.60 Å². The molecule has 2 heteroatoms. The highest BCUT2D eigenvalue weighted by Gasteiger charge is 2.07. The molecule has 0 atom stereocenters. The Morgan fingerprint density at radius 1 is 1.38 bits per heavy atom. The van der Waals surface area contributed by atoms with Gasteiger partial charge in [-0.05, 0) is 47.3 Å². The second kappa shape index (κ2) is 4.05. The Balaban J connectivity index is 2.01. The van der Waals surface area contributed by atoms with Crippen LogP contribution in [-0.4, -0.2) is 4.98 Å². The van der Waals surface area contributed by atoms with Crippen molar-refractivity contribution < 1.29 is 0 Å². The topological polar surface area (TPSA) is 12.9 Å². The van der Waals surface area contributed by atoms with E-state index in [1.165, 1.54) is 19.3 Å². The van der Waals surface area contributed by atoms with Gasteiger partial charge in [-0.1, -0.05) is 17.7 Å². The summed E-state index contributed by atoms with van der Waals surface area (Å²) in [6.45, 7) is 0. The lowest BCUT2D eigenvalue weighted by molar-refractivity contribution is 0.657. The van der Waals surface area contributed by atoms with E-state index >= 15 is 0 Å². The van der Waals surface area contributed by atoms with E-state index in [4.69, 9.17) is 0 Å². The Morgan fingerprint density at radius 3 is 2.85 bits per heavy atom. The Kier molecular flexibility index (Phi) is 2.79. The zero-order valence-corrected chi connectivity index (χ0v) is 9.05. The molecule has 1 aliphatic carbocycles. The fraction of sp³-hybridized carbons (Fsp3) is 0.364. The lowest BCUT2D eigenvalue weighted by Gasteiger charge is -2.15. The monoisotopic (exact) mass is 237 g/mol. The molecule has 2 rings (SSSR count). The van der Waals surface area contributed by atoms with E-state index in [1.54, 1.807) is 5.57 Å². The summed E-state index contributed by atoms with van der Waals surface area (Å²) in [6, 6.07) is 6.06. The Labute approximate surface area is 87.0 Å². The molecular formula is C11H12BrN. The molecule has 68 valence electrons. The first-order chi connectivity index (χ1) is 6.34. The average Bonchev–Trinajstić information content (AvgIpc) is 2.01. The van der Waals surface area contributed by atoms with Crippen LogP contribution in [0.25, 0.3) is 0 Å². The smallest absolute Gasteiger partial charge is 0.106 e. The van der Waals surface area contributed by atoms with Gasteiger partial charge in [0.15, 0.2) is 0 Å². The van der Waals surface area contributed by atoms with Crippen LogP contribution >= 0.6 is 15.9 Å². The van der Waals surface area contributed by atoms with E-state index in [-0.39, 0.29) is 0 Å². The maximum Gasteiger partial charge on any atom is 0.106 e. The van der Waals surface area contributed by atoms with Crippen LogP contribution in [0, 0.1) is 0 Å². The second-order valence-electron chi connectivity index (χ2n) is 3.37. The van der Waals surface area contributed by atoms with E-state index in [0.717, 1.165) is 16.7 Å². The van der Waals surface area contributed by atoms with E-state index in [0.29, 0.717) is 0 Å². The summed E-state index contributed by atoms with van der Waals surface area (Å²) in [5.74, 6) is 0. The molecule has 13 heavy (non-hydrogen) atoms. The first-order valence-electron chi connectivity index (χ1n) is 4.64. The lowest BCUT2D eigenvalue weighted by atomic mass is 9.91. The summed E-state index contributed by atoms with van der Waals surface area (Å²) in [4.78, 5) is 4.38. The van der Waals surface area contributed by atoms with Crippen LogP contribution < -0.4 is 0 Å². The van der Waals surface area contributed by atoms with Gasteiger partial charge in [-0.2, -0.15) is 0 Å². The SMILES string of the molecule is Brc1cccc(CC=C2CCC2)n1.